The molecule has 4 aromatic rings. The van der Waals surface area contributed by atoms with Crippen LogP contribution >= 0.6 is 0 Å². The van der Waals surface area contributed by atoms with Gasteiger partial charge in [0.1, 0.15) is 11.6 Å². The number of rotatable bonds is 14. The number of nitrogens with one attached hydrogen (secondary N) is 1. The molecule has 226 valence electrons. The van der Waals surface area contributed by atoms with Crippen LogP contribution in [0.15, 0.2) is 41.2 Å². The number of fused-ring (bicyclic) bond motifs is 1. The SMILES string of the molecule is CCCCCc1nc(C)c2c(=O)[nH]c(-c3cc(N(C)S(=O)(=O)CCc4ccc(OC)c(OC)c4)ccc3OCC)nn12. The average Bonchev–Trinajstić information content (AvgIpc) is 3.31. The largest absolute Gasteiger partial charge is 0.493 e. The summed E-state index contributed by atoms with van der Waals surface area (Å²) in [5.74, 6) is 2.45. The molecule has 2 aromatic carbocycles. The lowest BCUT2D eigenvalue weighted by Crippen LogP contribution is -2.30. The molecule has 0 saturated carbocycles. The summed E-state index contributed by atoms with van der Waals surface area (Å²) in [5, 5.41) is 4.75. The second-order valence-corrected chi connectivity index (χ2v) is 12.1. The molecule has 0 unspecified atom stereocenters. The van der Waals surface area contributed by atoms with Crippen molar-refractivity contribution < 1.29 is 22.6 Å². The van der Waals surface area contributed by atoms with Crippen LogP contribution in [0.4, 0.5) is 5.69 Å². The van der Waals surface area contributed by atoms with E-state index in [0.717, 1.165) is 24.8 Å². The highest BCUT2D eigenvalue weighted by Crippen LogP contribution is 2.33. The van der Waals surface area contributed by atoms with Gasteiger partial charge in [-0.25, -0.2) is 17.9 Å². The molecule has 0 aliphatic rings. The van der Waals surface area contributed by atoms with Crippen LogP contribution in [0.5, 0.6) is 17.2 Å². The summed E-state index contributed by atoms with van der Waals surface area (Å²) in [7, 11) is 0.879. The molecule has 42 heavy (non-hydrogen) atoms. The Balaban J connectivity index is 1.68. The number of hydrogen-bond acceptors (Lipinski definition) is 8. The Kier molecular flexibility index (Phi) is 9.77. The van der Waals surface area contributed by atoms with E-state index in [4.69, 9.17) is 19.3 Å². The second kappa shape index (κ2) is 13.3. The Bertz CT molecular complexity index is 1710. The third kappa shape index (κ3) is 6.53. The molecule has 1 N–H and O–H groups in total. The number of unbranched alkanes of at least 4 members (excludes halogenated alkanes) is 2. The van der Waals surface area contributed by atoms with Crippen LogP contribution in [0.1, 0.15) is 50.2 Å². The quantitative estimate of drug-likeness (QED) is 0.210. The van der Waals surface area contributed by atoms with Gasteiger partial charge in [0.15, 0.2) is 22.8 Å². The van der Waals surface area contributed by atoms with Crippen molar-refractivity contribution in [2.24, 2.45) is 0 Å². The highest BCUT2D eigenvalue weighted by molar-refractivity contribution is 7.92. The first-order valence-corrected chi connectivity index (χ1v) is 15.7. The molecule has 11 nitrogen and oxygen atoms in total. The maximum atomic E-state index is 13.4. The summed E-state index contributed by atoms with van der Waals surface area (Å²) in [6.45, 7) is 6.16. The minimum absolute atomic E-state index is 0.127. The Hall–Kier alpha value is -4.06. The van der Waals surface area contributed by atoms with Crippen LogP contribution in [0, 0.1) is 6.92 Å². The fourth-order valence-corrected chi connectivity index (χ4v) is 6.02. The van der Waals surface area contributed by atoms with Crippen LogP contribution in [0.3, 0.4) is 0 Å². The fraction of sp³-hybridized carbons (Fsp3) is 0.433. The summed E-state index contributed by atoms with van der Waals surface area (Å²) < 4.78 is 46.1. The lowest BCUT2D eigenvalue weighted by molar-refractivity contribution is 0.341. The Morgan fingerprint density at radius 2 is 1.71 bits per heavy atom. The Morgan fingerprint density at radius 1 is 0.976 bits per heavy atom. The van der Waals surface area contributed by atoms with Gasteiger partial charge in [-0.3, -0.25) is 9.10 Å². The molecular weight excluding hydrogens is 558 g/mol. The molecule has 0 saturated heterocycles. The van der Waals surface area contributed by atoms with Crippen LogP contribution in [-0.2, 0) is 22.9 Å². The van der Waals surface area contributed by atoms with E-state index in [1.165, 1.54) is 18.5 Å². The van der Waals surface area contributed by atoms with Gasteiger partial charge in [-0.2, -0.15) is 0 Å². The van der Waals surface area contributed by atoms with Gasteiger partial charge in [-0.1, -0.05) is 25.8 Å². The minimum atomic E-state index is -3.72. The van der Waals surface area contributed by atoms with Gasteiger partial charge in [-0.05, 0) is 62.6 Å². The van der Waals surface area contributed by atoms with Gasteiger partial charge in [0.2, 0.25) is 10.0 Å². The second-order valence-electron chi connectivity index (χ2n) is 9.97. The predicted octanol–water partition coefficient (Wildman–Crippen LogP) is 4.55. The third-order valence-corrected chi connectivity index (χ3v) is 8.91. The smallest absolute Gasteiger partial charge is 0.277 e. The molecule has 2 aromatic heterocycles. The molecule has 4 rings (SSSR count). The first-order valence-electron chi connectivity index (χ1n) is 14.1. The average molecular weight is 598 g/mol. The number of aryl methyl sites for hydroxylation is 3. The van der Waals surface area contributed by atoms with E-state index < -0.39 is 10.0 Å². The van der Waals surface area contributed by atoms with Crippen LogP contribution < -0.4 is 24.1 Å². The highest BCUT2D eigenvalue weighted by Gasteiger charge is 2.22. The van der Waals surface area contributed by atoms with Gasteiger partial charge >= 0.3 is 0 Å². The predicted molar refractivity (Wildman–Crippen MR) is 164 cm³/mol. The van der Waals surface area contributed by atoms with E-state index in [1.807, 2.05) is 13.0 Å². The van der Waals surface area contributed by atoms with Crippen molar-refractivity contribution in [3.63, 3.8) is 0 Å². The van der Waals surface area contributed by atoms with E-state index in [0.29, 0.717) is 58.6 Å². The number of methoxy groups -OCH3 is 2. The molecule has 0 spiro atoms. The molecular formula is C30H39N5O6S. The zero-order valence-corrected chi connectivity index (χ0v) is 25.9. The molecule has 0 fully saturated rings. The van der Waals surface area contributed by atoms with Gasteiger partial charge in [-0.15, -0.1) is 5.10 Å². The monoisotopic (exact) mass is 597 g/mol. The number of nitrogens with zero attached hydrogens (tertiary/aromatic N) is 4. The van der Waals surface area contributed by atoms with Gasteiger partial charge in [0.05, 0.1) is 43.5 Å². The minimum Gasteiger partial charge on any atom is -0.493 e. The summed E-state index contributed by atoms with van der Waals surface area (Å²) in [5.41, 5.74) is 2.37. The molecule has 0 atom stereocenters. The summed E-state index contributed by atoms with van der Waals surface area (Å²) in [6, 6.07) is 10.4. The van der Waals surface area contributed by atoms with Crippen molar-refractivity contribution in [1.29, 1.82) is 0 Å². The molecule has 0 radical (unpaired) electrons. The van der Waals surface area contributed by atoms with E-state index in [2.05, 4.69) is 16.9 Å². The van der Waals surface area contributed by atoms with Crippen molar-refractivity contribution in [3.8, 4) is 28.6 Å². The van der Waals surface area contributed by atoms with E-state index in [9.17, 15) is 13.2 Å². The number of hydrogen-bond donors (Lipinski definition) is 1. The molecule has 12 heteroatoms. The fourth-order valence-electron chi connectivity index (χ4n) is 4.81. The van der Waals surface area contributed by atoms with Crippen LogP contribution in [0.25, 0.3) is 16.9 Å². The standard InChI is InChI=1S/C30H39N5O6S/c1-7-9-10-11-27-31-20(3)28-30(36)32-29(33-35(27)28)23-19-22(13-15-24(23)41-8-2)34(4)42(37,38)17-16-21-12-14-25(39-5)26(18-21)40-6/h12-15,18-19H,7-11,16-17H2,1-6H3,(H,32,33,36). The first-order chi connectivity index (χ1) is 20.1. The van der Waals surface area contributed by atoms with Crippen molar-refractivity contribution >= 4 is 21.2 Å². The maximum Gasteiger partial charge on any atom is 0.277 e. The number of aromatic amines is 1. The van der Waals surface area contributed by atoms with Gasteiger partial charge in [0, 0.05) is 13.5 Å². The van der Waals surface area contributed by atoms with Crippen LogP contribution in [0.2, 0.25) is 0 Å². The summed E-state index contributed by atoms with van der Waals surface area (Å²) in [6.07, 6.45) is 4.02. The normalized spacial score (nSPS) is 11.6. The molecule has 0 amide bonds. The Labute approximate surface area is 246 Å². The Morgan fingerprint density at radius 3 is 2.40 bits per heavy atom. The third-order valence-electron chi connectivity index (χ3n) is 7.14. The van der Waals surface area contributed by atoms with E-state index in [1.54, 1.807) is 48.9 Å². The lowest BCUT2D eigenvalue weighted by Gasteiger charge is -2.21. The zero-order valence-electron chi connectivity index (χ0n) is 25.1. The maximum absolute atomic E-state index is 13.4. The number of imidazole rings is 1. The number of ether oxygens (including phenoxy) is 3. The summed E-state index contributed by atoms with van der Waals surface area (Å²) in [4.78, 5) is 20.6. The molecule has 0 aliphatic carbocycles. The topological polar surface area (TPSA) is 128 Å². The van der Waals surface area contributed by atoms with E-state index in [-0.39, 0.29) is 23.6 Å². The number of benzene rings is 2. The van der Waals surface area contributed by atoms with E-state index >= 15 is 0 Å². The molecule has 0 aliphatic heterocycles. The number of H-pyrrole nitrogens is 1. The van der Waals surface area contributed by atoms with Gasteiger partial charge in [0.25, 0.3) is 5.56 Å². The van der Waals surface area contributed by atoms with Gasteiger partial charge < -0.3 is 19.2 Å². The van der Waals surface area contributed by atoms with Crippen LogP contribution in [-0.4, -0.2) is 61.6 Å². The number of anilines is 1. The van der Waals surface area contributed by atoms with Crippen molar-refractivity contribution in [3.05, 3.63) is 63.8 Å². The first kappa shape index (κ1) is 30.9. The highest BCUT2D eigenvalue weighted by atomic mass is 32.2. The van der Waals surface area contributed by atoms with Crippen molar-refractivity contribution in [2.75, 3.05) is 37.9 Å². The number of aromatic nitrogens is 4. The molecule has 2 heterocycles. The van der Waals surface area contributed by atoms with Crippen molar-refractivity contribution in [2.45, 2.75) is 52.9 Å². The lowest BCUT2D eigenvalue weighted by atomic mass is 10.1. The number of sulfonamides is 1. The molecule has 0 bridgehead atoms. The zero-order chi connectivity index (χ0) is 30.4. The van der Waals surface area contributed by atoms with Crippen molar-refractivity contribution in [1.82, 2.24) is 19.6 Å². The summed E-state index contributed by atoms with van der Waals surface area (Å²) >= 11 is 0.